The SMILES string of the molecule is O=C([O-])CN1CCCN(CC(=O)O)Cc2ccccc2OCc2ccc(s2)COc2ccccc2C1. The summed E-state index contributed by atoms with van der Waals surface area (Å²) >= 11 is 1.61. The van der Waals surface area contributed by atoms with Crippen molar-refractivity contribution < 1.29 is 29.3 Å². The summed E-state index contributed by atoms with van der Waals surface area (Å²) in [4.78, 5) is 28.7. The lowest BCUT2D eigenvalue weighted by molar-refractivity contribution is -0.306. The normalized spacial score (nSPS) is 15.9. The van der Waals surface area contributed by atoms with Gasteiger partial charge in [0.1, 0.15) is 24.7 Å². The summed E-state index contributed by atoms with van der Waals surface area (Å²) in [6.07, 6.45) is 0.586. The fourth-order valence-corrected chi connectivity index (χ4v) is 5.07. The van der Waals surface area contributed by atoms with Crippen molar-refractivity contribution in [1.29, 1.82) is 0 Å². The largest absolute Gasteiger partial charge is 0.549 e. The molecular formula is C27H29N2O6S-. The molecule has 1 aliphatic rings. The van der Waals surface area contributed by atoms with Gasteiger partial charge in [0.15, 0.2) is 0 Å². The van der Waals surface area contributed by atoms with E-state index in [1.807, 2.05) is 65.6 Å². The number of thiophene rings is 1. The highest BCUT2D eigenvalue weighted by Gasteiger charge is 2.16. The zero-order valence-corrected chi connectivity index (χ0v) is 20.7. The number of benzene rings is 2. The molecule has 2 aromatic carbocycles. The van der Waals surface area contributed by atoms with Crippen LogP contribution in [0.2, 0.25) is 0 Å². The third-order valence-corrected chi connectivity index (χ3v) is 6.88. The quantitative estimate of drug-likeness (QED) is 0.573. The summed E-state index contributed by atoms with van der Waals surface area (Å²) in [5.74, 6) is -0.656. The van der Waals surface area contributed by atoms with E-state index in [0.29, 0.717) is 57.3 Å². The maximum Gasteiger partial charge on any atom is 0.317 e. The van der Waals surface area contributed by atoms with Crippen molar-refractivity contribution in [3.8, 4) is 11.5 Å². The zero-order valence-electron chi connectivity index (χ0n) is 19.9. The van der Waals surface area contributed by atoms with Crippen LogP contribution in [0.25, 0.3) is 0 Å². The molecule has 0 saturated heterocycles. The van der Waals surface area contributed by atoms with Gasteiger partial charge in [0.25, 0.3) is 0 Å². The fraction of sp³-hybridized carbons (Fsp3) is 0.333. The standard InChI is InChI=1S/C27H30N2O6S/c30-26(31)16-28-12-5-13-29(17-27(32)33)15-21-7-2-4-9-25(21)35-19-23-11-10-22(36-23)18-34-24-8-3-1-6-20(24)14-28/h1-4,6-11H,5,12-19H2,(H,30,31)(H,32,33)/p-1. The number of nitrogens with zero attached hydrogens (tertiary/aromatic N) is 2. The van der Waals surface area contributed by atoms with Crippen molar-refractivity contribution in [3.05, 3.63) is 81.5 Å². The third-order valence-electron chi connectivity index (χ3n) is 5.85. The predicted molar refractivity (Wildman–Crippen MR) is 134 cm³/mol. The van der Waals surface area contributed by atoms with Gasteiger partial charge in [-0.15, -0.1) is 11.3 Å². The van der Waals surface area contributed by atoms with E-state index in [4.69, 9.17) is 9.47 Å². The molecule has 0 atom stereocenters. The number of carboxylic acid groups (broad SMARTS) is 2. The van der Waals surface area contributed by atoms with E-state index in [2.05, 4.69) is 0 Å². The van der Waals surface area contributed by atoms with Gasteiger partial charge in [-0.25, -0.2) is 0 Å². The lowest BCUT2D eigenvalue weighted by atomic mass is 10.1. The van der Waals surface area contributed by atoms with Crippen molar-refractivity contribution >= 4 is 23.3 Å². The number of aliphatic carboxylic acids is 2. The van der Waals surface area contributed by atoms with Crippen LogP contribution in [-0.4, -0.2) is 53.0 Å². The molecule has 2 heterocycles. The Morgan fingerprint density at radius 1 is 0.806 bits per heavy atom. The highest BCUT2D eigenvalue weighted by Crippen LogP contribution is 2.26. The second-order valence-corrected chi connectivity index (χ2v) is 9.95. The second-order valence-electron chi connectivity index (χ2n) is 8.70. The number of hydrogen-bond donors (Lipinski definition) is 1. The average Bonchev–Trinajstić information content (AvgIpc) is 3.29. The summed E-state index contributed by atoms with van der Waals surface area (Å²) in [5, 5.41) is 20.9. The molecule has 1 N–H and O–H groups in total. The Morgan fingerprint density at radius 2 is 1.31 bits per heavy atom. The van der Waals surface area contributed by atoms with Gasteiger partial charge in [0.2, 0.25) is 0 Å². The zero-order chi connectivity index (χ0) is 25.3. The molecule has 0 spiro atoms. The van der Waals surface area contributed by atoms with Gasteiger partial charge in [-0.2, -0.15) is 0 Å². The van der Waals surface area contributed by atoms with Crippen LogP contribution in [0, 0.1) is 0 Å². The predicted octanol–water partition coefficient (Wildman–Crippen LogP) is 2.75. The fourth-order valence-electron chi connectivity index (χ4n) is 4.23. The third kappa shape index (κ3) is 7.55. The Hall–Kier alpha value is -3.40. The Kier molecular flexibility index (Phi) is 8.94. The lowest BCUT2D eigenvalue weighted by Crippen LogP contribution is -2.39. The van der Waals surface area contributed by atoms with Crippen molar-refractivity contribution in [2.24, 2.45) is 0 Å². The van der Waals surface area contributed by atoms with Crippen molar-refractivity contribution in [2.75, 3.05) is 26.2 Å². The minimum absolute atomic E-state index is 0.125. The Morgan fingerprint density at radius 3 is 1.81 bits per heavy atom. The monoisotopic (exact) mass is 509 g/mol. The van der Waals surface area contributed by atoms with Gasteiger partial charge in [0, 0.05) is 53.6 Å². The minimum atomic E-state index is -1.16. The summed E-state index contributed by atoms with van der Waals surface area (Å²) < 4.78 is 12.2. The smallest absolute Gasteiger partial charge is 0.317 e. The van der Waals surface area contributed by atoms with E-state index in [9.17, 15) is 19.8 Å². The molecule has 190 valence electrons. The van der Waals surface area contributed by atoms with Gasteiger partial charge >= 0.3 is 5.97 Å². The summed E-state index contributed by atoms with van der Waals surface area (Å²) in [7, 11) is 0. The first kappa shape index (κ1) is 25.7. The molecule has 0 radical (unpaired) electrons. The van der Waals surface area contributed by atoms with Crippen LogP contribution in [0.5, 0.6) is 11.5 Å². The van der Waals surface area contributed by atoms with Crippen LogP contribution in [0.15, 0.2) is 60.7 Å². The Labute approximate surface area is 214 Å². The molecular weight excluding hydrogens is 480 g/mol. The number of carbonyl (C=O) groups is 2. The number of fused-ring (bicyclic) bond motifs is 4. The number of rotatable bonds is 4. The van der Waals surface area contributed by atoms with Gasteiger partial charge < -0.3 is 24.5 Å². The van der Waals surface area contributed by atoms with Gasteiger partial charge in [-0.1, -0.05) is 36.4 Å². The maximum absolute atomic E-state index is 11.5. The Bertz CT molecular complexity index is 1090. The highest BCUT2D eigenvalue weighted by molar-refractivity contribution is 7.11. The van der Waals surface area contributed by atoms with E-state index in [1.54, 1.807) is 16.2 Å². The average molecular weight is 510 g/mol. The van der Waals surface area contributed by atoms with E-state index in [-0.39, 0.29) is 13.1 Å². The molecule has 0 saturated carbocycles. The summed E-state index contributed by atoms with van der Waals surface area (Å²) in [5.41, 5.74) is 1.79. The molecule has 2 bridgehead atoms. The van der Waals surface area contributed by atoms with Crippen molar-refractivity contribution in [3.63, 3.8) is 0 Å². The number of carbonyl (C=O) groups excluding carboxylic acids is 1. The number of ether oxygens (including phenoxy) is 2. The van der Waals surface area contributed by atoms with Crippen LogP contribution in [0.3, 0.4) is 0 Å². The van der Waals surface area contributed by atoms with Crippen LogP contribution in [0.1, 0.15) is 27.3 Å². The van der Waals surface area contributed by atoms with Crippen LogP contribution in [-0.2, 0) is 35.9 Å². The lowest BCUT2D eigenvalue weighted by Gasteiger charge is -2.26. The molecule has 8 nitrogen and oxygen atoms in total. The van der Waals surface area contributed by atoms with Crippen molar-refractivity contribution in [1.82, 2.24) is 9.80 Å². The molecule has 0 amide bonds. The second kappa shape index (κ2) is 12.5. The number of hydrogen-bond acceptors (Lipinski definition) is 8. The molecule has 0 fully saturated rings. The molecule has 0 aliphatic carbocycles. The highest BCUT2D eigenvalue weighted by atomic mass is 32.1. The molecule has 3 aromatic rings. The van der Waals surface area contributed by atoms with E-state index < -0.39 is 11.9 Å². The van der Waals surface area contributed by atoms with Crippen molar-refractivity contribution in [2.45, 2.75) is 32.7 Å². The summed E-state index contributed by atoms with van der Waals surface area (Å²) in [6, 6.07) is 19.3. The van der Waals surface area contributed by atoms with Gasteiger partial charge in [0.05, 0.1) is 12.5 Å². The van der Waals surface area contributed by atoms with E-state index >= 15 is 0 Å². The summed E-state index contributed by atoms with van der Waals surface area (Å²) in [6.45, 7) is 2.21. The van der Waals surface area contributed by atoms with Gasteiger partial charge in [-0.05, 0) is 30.7 Å². The first-order chi connectivity index (χ1) is 17.5. The number of para-hydroxylation sites is 2. The molecule has 1 aromatic heterocycles. The maximum atomic E-state index is 11.5. The van der Waals surface area contributed by atoms with E-state index in [1.165, 1.54) is 0 Å². The van der Waals surface area contributed by atoms with Crippen LogP contribution in [0.4, 0.5) is 0 Å². The van der Waals surface area contributed by atoms with E-state index in [0.717, 1.165) is 20.9 Å². The number of carboxylic acids is 2. The Balaban J connectivity index is 1.61. The first-order valence-corrected chi connectivity index (χ1v) is 12.6. The molecule has 0 unspecified atom stereocenters. The minimum Gasteiger partial charge on any atom is -0.549 e. The van der Waals surface area contributed by atoms with Crippen LogP contribution >= 0.6 is 11.3 Å². The molecule has 4 rings (SSSR count). The molecule has 1 aliphatic heterocycles. The van der Waals surface area contributed by atoms with Crippen LogP contribution < -0.4 is 14.6 Å². The topological polar surface area (TPSA) is 102 Å². The molecule has 36 heavy (non-hydrogen) atoms. The first-order valence-electron chi connectivity index (χ1n) is 11.8. The van der Waals surface area contributed by atoms with Gasteiger partial charge in [-0.3, -0.25) is 14.6 Å². The molecule has 9 heteroatoms.